The third kappa shape index (κ3) is 4.29. The molecule has 2 aliphatic heterocycles. The molecule has 0 radical (unpaired) electrons. The molecule has 2 nitrogen and oxygen atoms in total. The fourth-order valence-corrected chi connectivity index (χ4v) is 9.28. The lowest BCUT2D eigenvalue weighted by Gasteiger charge is -2.34. The van der Waals surface area contributed by atoms with E-state index in [4.69, 9.17) is 0 Å². The third-order valence-electron chi connectivity index (χ3n) is 11.3. The van der Waals surface area contributed by atoms with Gasteiger partial charge in [0.25, 0.3) is 0 Å². The summed E-state index contributed by atoms with van der Waals surface area (Å²) in [6.45, 7) is 0. The van der Waals surface area contributed by atoms with Gasteiger partial charge in [-0.05, 0) is 92.3 Å². The number of nitrogens with zero attached hydrogens (tertiary/aromatic N) is 2. The topological polar surface area (TPSA) is 6.48 Å². The fourth-order valence-electron chi connectivity index (χ4n) is 9.28. The first kappa shape index (κ1) is 26.4. The minimum atomic E-state index is 0.492. The van der Waals surface area contributed by atoms with E-state index in [2.05, 4.69) is 131 Å². The monoisotopic (exact) mass is 574 g/mol. The number of benzene rings is 2. The summed E-state index contributed by atoms with van der Waals surface area (Å²) in [5.41, 5.74) is 11.9. The van der Waals surface area contributed by atoms with Crippen molar-refractivity contribution in [2.75, 3.05) is 9.80 Å². The number of allylic oxidation sites excluding steroid dienone is 12. The molecule has 9 rings (SSSR count). The highest BCUT2D eigenvalue weighted by molar-refractivity contribution is 5.67. The summed E-state index contributed by atoms with van der Waals surface area (Å²) >= 11 is 0. The van der Waals surface area contributed by atoms with Crippen LogP contribution in [0.25, 0.3) is 0 Å². The molecule has 5 aliphatic carbocycles. The molecule has 0 saturated carbocycles. The van der Waals surface area contributed by atoms with Crippen molar-refractivity contribution in [2.24, 2.45) is 17.8 Å². The molecule has 44 heavy (non-hydrogen) atoms. The number of anilines is 2. The molecule has 2 aromatic carbocycles. The van der Waals surface area contributed by atoms with Gasteiger partial charge in [0.2, 0.25) is 0 Å². The van der Waals surface area contributed by atoms with Crippen LogP contribution in [0.2, 0.25) is 0 Å². The Kier molecular flexibility index (Phi) is 6.50. The van der Waals surface area contributed by atoms with Crippen LogP contribution in [0.3, 0.4) is 0 Å². The van der Waals surface area contributed by atoms with Crippen molar-refractivity contribution < 1.29 is 0 Å². The highest BCUT2D eigenvalue weighted by Gasteiger charge is 2.45. The quantitative estimate of drug-likeness (QED) is 0.335. The molecule has 0 aromatic heterocycles. The Morgan fingerprint density at radius 3 is 2.20 bits per heavy atom. The lowest BCUT2D eigenvalue weighted by Crippen LogP contribution is -2.34. The van der Waals surface area contributed by atoms with E-state index in [-0.39, 0.29) is 0 Å². The Hall–Kier alpha value is -4.04. The SMILES string of the molecule is C1=CCC(c2ccc(N3C4=CCCC=C4C4C=C(C5C=C6C(=CC5)N(c5ccccc5)C5CCC=CC65)CCC43)cc2)C=C1. The van der Waals surface area contributed by atoms with Gasteiger partial charge in [-0.15, -0.1) is 0 Å². The van der Waals surface area contributed by atoms with Crippen LogP contribution in [0.5, 0.6) is 0 Å². The fraction of sp³-hybridized carbons (Fsp3) is 0.333. The first-order valence-corrected chi connectivity index (χ1v) is 17.1. The molecule has 2 heteroatoms. The van der Waals surface area contributed by atoms with E-state index in [1.807, 2.05) is 0 Å². The van der Waals surface area contributed by atoms with Gasteiger partial charge in [-0.1, -0.05) is 103 Å². The van der Waals surface area contributed by atoms with E-state index in [0.717, 1.165) is 19.3 Å². The van der Waals surface area contributed by atoms with Gasteiger partial charge in [0.15, 0.2) is 0 Å². The predicted octanol–water partition coefficient (Wildman–Crippen LogP) is 10.1. The van der Waals surface area contributed by atoms with Crippen LogP contribution < -0.4 is 9.80 Å². The summed E-state index contributed by atoms with van der Waals surface area (Å²) in [6, 6.07) is 21.7. The summed E-state index contributed by atoms with van der Waals surface area (Å²) in [7, 11) is 0. The van der Waals surface area contributed by atoms with Crippen LogP contribution in [-0.4, -0.2) is 12.1 Å². The zero-order valence-corrected chi connectivity index (χ0v) is 25.6. The summed E-state index contributed by atoms with van der Waals surface area (Å²) in [6.07, 6.45) is 36.4. The molecule has 0 bridgehead atoms. The minimum absolute atomic E-state index is 0.492. The number of hydrogen-bond acceptors (Lipinski definition) is 2. The lowest BCUT2D eigenvalue weighted by atomic mass is 9.75. The Morgan fingerprint density at radius 2 is 1.36 bits per heavy atom. The van der Waals surface area contributed by atoms with E-state index in [1.54, 1.807) is 16.7 Å². The summed E-state index contributed by atoms with van der Waals surface area (Å²) in [5, 5.41) is 0. The number of rotatable bonds is 4. The van der Waals surface area contributed by atoms with Gasteiger partial charge in [-0.25, -0.2) is 0 Å². The van der Waals surface area contributed by atoms with Crippen LogP contribution in [0.1, 0.15) is 62.8 Å². The second-order valence-electron chi connectivity index (χ2n) is 13.7. The smallest absolute Gasteiger partial charge is 0.0449 e. The van der Waals surface area contributed by atoms with Gasteiger partial charge in [0, 0.05) is 58.5 Å². The summed E-state index contributed by atoms with van der Waals surface area (Å²) < 4.78 is 0. The van der Waals surface area contributed by atoms with E-state index in [9.17, 15) is 0 Å². The Morgan fingerprint density at radius 1 is 0.568 bits per heavy atom. The van der Waals surface area contributed by atoms with Crippen molar-refractivity contribution in [2.45, 2.75) is 69.4 Å². The Bertz CT molecular complexity index is 1690. The summed E-state index contributed by atoms with van der Waals surface area (Å²) in [5.74, 6) is 2.02. The predicted molar refractivity (Wildman–Crippen MR) is 183 cm³/mol. The zero-order chi connectivity index (χ0) is 29.0. The van der Waals surface area contributed by atoms with Crippen LogP contribution >= 0.6 is 0 Å². The molecule has 0 spiro atoms. The van der Waals surface area contributed by atoms with Gasteiger partial charge in [0.1, 0.15) is 0 Å². The molecular weight excluding hydrogens is 532 g/mol. The van der Waals surface area contributed by atoms with Gasteiger partial charge in [0.05, 0.1) is 0 Å². The molecule has 2 heterocycles. The van der Waals surface area contributed by atoms with Crippen LogP contribution in [0, 0.1) is 17.8 Å². The molecule has 2 saturated heterocycles. The van der Waals surface area contributed by atoms with E-state index in [1.165, 1.54) is 60.4 Å². The lowest BCUT2D eigenvalue weighted by molar-refractivity contribution is 0.498. The van der Waals surface area contributed by atoms with Crippen LogP contribution in [-0.2, 0) is 0 Å². The molecule has 6 atom stereocenters. The van der Waals surface area contributed by atoms with Crippen LogP contribution in [0.4, 0.5) is 11.4 Å². The van der Waals surface area contributed by atoms with Gasteiger partial charge >= 0.3 is 0 Å². The van der Waals surface area contributed by atoms with Crippen molar-refractivity contribution in [3.63, 3.8) is 0 Å². The molecule has 6 unspecified atom stereocenters. The maximum atomic E-state index is 2.71. The standard InChI is InChI=1S/C42H42N2/c1-3-11-29(12-4-1)30-19-23-34(24-20-30)44-40-18-10-8-16-36(40)38-28-32(22-26-42(38)44)31-21-25-41-37(27-31)35-15-7-9-17-39(35)43(41)33-13-5-2-6-14-33/h1-7,11,13-16,18-20,23-25,27-29,31,35,38-39,42H,8-10,12,17,21-22,26H2. The first-order valence-electron chi connectivity index (χ1n) is 17.1. The third-order valence-corrected chi connectivity index (χ3v) is 11.3. The second kappa shape index (κ2) is 10.8. The van der Waals surface area contributed by atoms with Gasteiger partial charge in [-0.3, -0.25) is 0 Å². The molecule has 2 fully saturated rings. The molecular formula is C42H42N2. The molecule has 2 aromatic rings. The van der Waals surface area contributed by atoms with Crippen molar-refractivity contribution in [1.29, 1.82) is 0 Å². The number of fused-ring (bicyclic) bond motifs is 6. The van der Waals surface area contributed by atoms with Crippen molar-refractivity contribution in [3.8, 4) is 0 Å². The average Bonchev–Trinajstić information content (AvgIpc) is 3.61. The van der Waals surface area contributed by atoms with E-state index >= 15 is 0 Å². The second-order valence-corrected chi connectivity index (χ2v) is 13.7. The molecule has 0 amide bonds. The highest BCUT2D eigenvalue weighted by Crippen LogP contribution is 2.52. The van der Waals surface area contributed by atoms with Gasteiger partial charge < -0.3 is 9.80 Å². The Balaban J connectivity index is 1.01. The molecule has 7 aliphatic rings. The van der Waals surface area contributed by atoms with Gasteiger partial charge in [-0.2, -0.15) is 0 Å². The largest absolute Gasteiger partial charge is 0.337 e. The first-order chi connectivity index (χ1) is 21.8. The average molecular weight is 575 g/mol. The summed E-state index contributed by atoms with van der Waals surface area (Å²) in [4.78, 5) is 5.36. The maximum Gasteiger partial charge on any atom is 0.0449 e. The normalized spacial score (nSPS) is 31.7. The van der Waals surface area contributed by atoms with Crippen LogP contribution in [0.15, 0.2) is 150 Å². The minimum Gasteiger partial charge on any atom is -0.337 e. The van der Waals surface area contributed by atoms with Crippen molar-refractivity contribution >= 4 is 11.4 Å². The van der Waals surface area contributed by atoms with Crippen molar-refractivity contribution in [3.05, 3.63) is 155 Å². The molecule has 220 valence electrons. The van der Waals surface area contributed by atoms with E-state index < -0.39 is 0 Å². The number of hydrogen-bond donors (Lipinski definition) is 0. The van der Waals surface area contributed by atoms with Crippen molar-refractivity contribution in [1.82, 2.24) is 0 Å². The number of para-hydroxylation sites is 1. The maximum absolute atomic E-state index is 2.71. The zero-order valence-electron chi connectivity index (χ0n) is 25.6. The Labute approximate surface area is 262 Å². The highest BCUT2D eigenvalue weighted by atomic mass is 15.2. The molecule has 0 N–H and O–H groups in total. The van der Waals surface area contributed by atoms with E-state index in [0.29, 0.717) is 35.8 Å².